The third kappa shape index (κ3) is 43.5. The summed E-state index contributed by atoms with van der Waals surface area (Å²) in [4.78, 5) is 12.5. The Balaban J connectivity index is 0. The standard InChI is InChI=1S/C19H41NO2.C19H38O2/c1-2-3-4-5-6-7-8-9-10-11-12-13-14-15-20(16-18-21)17-19-22;1-2-3-4-5-6-7-8-9-10-11-12-13-14-15-16-17-18-19(20)21/h21-22H,2-19H2,1H3;2-18H2,1H3,(H,20,21). The molecular weight excluding hydrogens is 534 g/mol. The lowest BCUT2D eigenvalue weighted by Crippen LogP contribution is -2.30. The van der Waals surface area contributed by atoms with E-state index in [1.54, 1.807) is 0 Å². The van der Waals surface area contributed by atoms with Crippen molar-refractivity contribution < 1.29 is 20.1 Å². The second-order valence-corrected chi connectivity index (χ2v) is 13.0. The van der Waals surface area contributed by atoms with Crippen LogP contribution in [0.25, 0.3) is 0 Å². The molecular formula is C38H79NO4. The van der Waals surface area contributed by atoms with Crippen LogP contribution in [0.4, 0.5) is 0 Å². The summed E-state index contributed by atoms with van der Waals surface area (Å²) in [6.07, 6.45) is 39.6. The van der Waals surface area contributed by atoms with Gasteiger partial charge in [0.2, 0.25) is 0 Å². The van der Waals surface area contributed by atoms with Crippen LogP contribution in [0.3, 0.4) is 0 Å². The average molecular weight is 614 g/mol. The molecule has 0 heterocycles. The second kappa shape index (κ2) is 41.4. The predicted octanol–water partition coefficient (Wildman–Crippen LogP) is 11.1. The molecule has 0 saturated heterocycles. The van der Waals surface area contributed by atoms with Crippen LogP contribution >= 0.6 is 0 Å². The normalized spacial score (nSPS) is 11.2. The lowest BCUT2D eigenvalue weighted by Gasteiger charge is -2.19. The SMILES string of the molecule is CCCCCCCCCCCCCCCCCCC(=O)O.CCCCCCCCCCCCCCCN(CCO)CCO. The van der Waals surface area contributed by atoms with E-state index in [1.807, 2.05) is 0 Å². The summed E-state index contributed by atoms with van der Waals surface area (Å²) < 4.78 is 0. The molecule has 0 unspecified atom stereocenters. The molecule has 5 heteroatoms. The molecule has 0 bridgehead atoms. The highest BCUT2D eigenvalue weighted by Crippen LogP contribution is 2.15. The number of carboxylic acid groups (broad SMARTS) is 1. The maximum atomic E-state index is 10.3. The molecule has 0 spiro atoms. The highest BCUT2D eigenvalue weighted by molar-refractivity contribution is 5.66. The Labute approximate surface area is 270 Å². The molecule has 43 heavy (non-hydrogen) atoms. The summed E-state index contributed by atoms with van der Waals surface area (Å²) in [7, 11) is 0. The van der Waals surface area contributed by atoms with Crippen LogP contribution in [0.1, 0.15) is 206 Å². The minimum absolute atomic E-state index is 0.193. The van der Waals surface area contributed by atoms with Crippen molar-refractivity contribution in [3.8, 4) is 0 Å². The molecule has 3 N–H and O–H groups in total. The molecule has 260 valence electrons. The van der Waals surface area contributed by atoms with Gasteiger partial charge in [-0.3, -0.25) is 9.69 Å². The molecule has 0 aromatic rings. The van der Waals surface area contributed by atoms with Gasteiger partial charge in [-0.2, -0.15) is 0 Å². The Hall–Kier alpha value is -0.650. The van der Waals surface area contributed by atoms with E-state index in [0.29, 0.717) is 19.5 Å². The second-order valence-electron chi connectivity index (χ2n) is 13.0. The number of hydrogen-bond acceptors (Lipinski definition) is 4. The monoisotopic (exact) mass is 614 g/mol. The van der Waals surface area contributed by atoms with Crippen molar-refractivity contribution in [2.45, 2.75) is 206 Å². The quantitative estimate of drug-likeness (QED) is 0.0619. The molecule has 0 aromatic carbocycles. The van der Waals surface area contributed by atoms with Crippen molar-refractivity contribution in [3.05, 3.63) is 0 Å². The van der Waals surface area contributed by atoms with E-state index in [4.69, 9.17) is 15.3 Å². The lowest BCUT2D eigenvalue weighted by molar-refractivity contribution is -0.137. The number of rotatable bonds is 35. The zero-order chi connectivity index (χ0) is 31.9. The molecule has 0 saturated carbocycles. The first-order valence-electron chi connectivity index (χ1n) is 19.3. The number of hydrogen-bond donors (Lipinski definition) is 3. The predicted molar refractivity (Wildman–Crippen MR) is 188 cm³/mol. The first-order chi connectivity index (χ1) is 21.1. The number of unbranched alkanes of at least 4 members (excludes halogenated alkanes) is 27. The molecule has 5 nitrogen and oxygen atoms in total. The molecule has 0 amide bonds. The first kappa shape index (κ1) is 44.5. The topological polar surface area (TPSA) is 81.0 Å². The summed E-state index contributed by atoms with van der Waals surface area (Å²) >= 11 is 0. The van der Waals surface area contributed by atoms with E-state index in [-0.39, 0.29) is 13.2 Å². The Morgan fingerprint density at radius 1 is 0.395 bits per heavy atom. The summed E-state index contributed by atoms with van der Waals surface area (Å²) in [6.45, 7) is 7.33. The average Bonchev–Trinajstić information content (AvgIpc) is 2.99. The van der Waals surface area contributed by atoms with Crippen LogP contribution in [-0.2, 0) is 4.79 Å². The van der Waals surface area contributed by atoms with Gasteiger partial charge in [0.05, 0.1) is 13.2 Å². The van der Waals surface area contributed by atoms with Gasteiger partial charge in [0.25, 0.3) is 0 Å². The van der Waals surface area contributed by atoms with Crippen molar-refractivity contribution in [2.24, 2.45) is 0 Å². The molecule has 0 aromatic heterocycles. The highest BCUT2D eigenvalue weighted by Gasteiger charge is 2.03. The van der Waals surface area contributed by atoms with E-state index in [1.165, 1.54) is 173 Å². The fourth-order valence-corrected chi connectivity index (χ4v) is 5.80. The largest absolute Gasteiger partial charge is 0.481 e. The number of aliphatic hydroxyl groups excluding tert-OH is 2. The van der Waals surface area contributed by atoms with Crippen molar-refractivity contribution in [2.75, 3.05) is 32.8 Å². The van der Waals surface area contributed by atoms with Crippen molar-refractivity contribution in [3.63, 3.8) is 0 Å². The van der Waals surface area contributed by atoms with E-state index >= 15 is 0 Å². The molecule has 0 aliphatic rings. The van der Waals surface area contributed by atoms with E-state index in [9.17, 15) is 4.79 Å². The number of carbonyl (C=O) groups is 1. The minimum Gasteiger partial charge on any atom is -0.481 e. The number of carboxylic acids is 1. The summed E-state index contributed by atoms with van der Waals surface area (Å²) in [5.74, 6) is -0.652. The molecule has 0 aliphatic heterocycles. The zero-order valence-electron chi connectivity index (χ0n) is 29.4. The van der Waals surface area contributed by atoms with Gasteiger partial charge < -0.3 is 15.3 Å². The van der Waals surface area contributed by atoms with Gasteiger partial charge in [0.1, 0.15) is 0 Å². The summed E-state index contributed by atoms with van der Waals surface area (Å²) in [5, 5.41) is 26.4. The number of nitrogens with zero attached hydrogens (tertiary/aromatic N) is 1. The van der Waals surface area contributed by atoms with Crippen molar-refractivity contribution in [1.82, 2.24) is 4.90 Å². The minimum atomic E-state index is -0.652. The lowest BCUT2D eigenvalue weighted by atomic mass is 10.0. The Morgan fingerprint density at radius 2 is 0.651 bits per heavy atom. The Bertz CT molecular complexity index is 496. The van der Waals surface area contributed by atoms with Crippen LogP contribution in [0.5, 0.6) is 0 Å². The van der Waals surface area contributed by atoms with Crippen LogP contribution in [-0.4, -0.2) is 59.0 Å². The van der Waals surface area contributed by atoms with Crippen LogP contribution in [0.15, 0.2) is 0 Å². The van der Waals surface area contributed by atoms with E-state index in [0.717, 1.165) is 19.4 Å². The van der Waals surface area contributed by atoms with Crippen molar-refractivity contribution >= 4 is 5.97 Å². The first-order valence-corrected chi connectivity index (χ1v) is 19.3. The van der Waals surface area contributed by atoms with Gasteiger partial charge in [-0.1, -0.05) is 187 Å². The third-order valence-corrected chi connectivity index (χ3v) is 8.65. The van der Waals surface area contributed by atoms with Crippen LogP contribution < -0.4 is 0 Å². The van der Waals surface area contributed by atoms with Gasteiger partial charge in [-0.15, -0.1) is 0 Å². The van der Waals surface area contributed by atoms with Gasteiger partial charge in [0, 0.05) is 19.5 Å². The van der Waals surface area contributed by atoms with Gasteiger partial charge in [-0.25, -0.2) is 0 Å². The van der Waals surface area contributed by atoms with Gasteiger partial charge >= 0.3 is 5.97 Å². The van der Waals surface area contributed by atoms with Gasteiger partial charge in [0.15, 0.2) is 0 Å². The van der Waals surface area contributed by atoms with Gasteiger partial charge in [-0.05, 0) is 19.4 Å². The van der Waals surface area contributed by atoms with E-state index in [2.05, 4.69) is 18.7 Å². The molecule has 0 rings (SSSR count). The molecule has 0 atom stereocenters. The zero-order valence-corrected chi connectivity index (χ0v) is 29.4. The maximum Gasteiger partial charge on any atom is 0.303 e. The highest BCUT2D eigenvalue weighted by atomic mass is 16.4. The van der Waals surface area contributed by atoms with Crippen LogP contribution in [0.2, 0.25) is 0 Å². The maximum absolute atomic E-state index is 10.3. The molecule has 0 fully saturated rings. The Kier molecular flexibility index (Phi) is 42.8. The van der Waals surface area contributed by atoms with Crippen LogP contribution in [0, 0.1) is 0 Å². The van der Waals surface area contributed by atoms with E-state index < -0.39 is 5.97 Å². The Morgan fingerprint density at radius 3 is 0.907 bits per heavy atom. The third-order valence-electron chi connectivity index (χ3n) is 8.65. The van der Waals surface area contributed by atoms with Crippen molar-refractivity contribution in [1.29, 1.82) is 0 Å². The number of aliphatic hydroxyl groups is 2. The summed E-state index contributed by atoms with van der Waals surface area (Å²) in [6, 6.07) is 0. The fourth-order valence-electron chi connectivity index (χ4n) is 5.80. The number of aliphatic carboxylic acids is 1. The smallest absolute Gasteiger partial charge is 0.303 e. The molecule has 0 radical (unpaired) electrons. The summed E-state index contributed by atoms with van der Waals surface area (Å²) in [5.41, 5.74) is 0. The molecule has 0 aliphatic carbocycles. The fraction of sp³-hybridized carbons (Fsp3) is 0.974.